The predicted molar refractivity (Wildman–Crippen MR) is 99.3 cm³/mol. The Morgan fingerprint density at radius 1 is 1.23 bits per heavy atom. The number of benzene rings is 2. The Labute approximate surface area is 153 Å². The van der Waals surface area contributed by atoms with E-state index in [1.807, 2.05) is 25.1 Å². The molecule has 0 saturated carbocycles. The van der Waals surface area contributed by atoms with Gasteiger partial charge in [0.2, 0.25) is 11.8 Å². The number of halogens is 1. The highest BCUT2D eigenvalue weighted by Gasteiger charge is 2.36. The number of aryl methyl sites for hydroxylation is 2. The molecule has 26 heavy (non-hydrogen) atoms. The molecule has 0 aliphatic carbocycles. The second kappa shape index (κ2) is 7.68. The molecule has 1 saturated heterocycles. The van der Waals surface area contributed by atoms with E-state index in [0.29, 0.717) is 13.1 Å². The molecule has 0 aromatic heterocycles. The summed E-state index contributed by atoms with van der Waals surface area (Å²) in [7, 11) is 0. The molecule has 1 N–H and O–H groups in total. The Morgan fingerprint density at radius 2 is 1.96 bits per heavy atom. The fourth-order valence-corrected chi connectivity index (χ4v) is 3.43. The molecular formula is C21H23FN2O2. The van der Waals surface area contributed by atoms with Gasteiger partial charge in [0.25, 0.3) is 0 Å². The van der Waals surface area contributed by atoms with E-state index in [1.54, 1.807) is 17.0 Å². The monoisotopic (exact) mass is 354 g/mol. The van der Waals surface area contributed by atoms with Crippen LogP contribution in [0.15, 0.2) is 42.5 Å². The molecule has 1 heterocycles. The number of carbonyl (C=O) groups is 2. The van der Waals surface area contributed by atoms with Gasteiger partial charge in [0, 0.05) is 25.2 Å². The van der Waals surface area contributed by atoms with Crippen LogP contribution in [0, 0.1) is 18.7 Å². The predicted octanol–water partition coefficient (Wildman–Crippen LogP) is 3.37. The van der Waals surface area contributed by atoms with Gasteiger partial charge >= 0.3 is 0 Å². The van der Waals surface area contributed by atoms with Crippen molar-refractivity contribution in [3.05, 3.63) is 65.0 Å². The summed E-state index contributed by atoms with van der Waals surface area (Å²) in [6.45, 7) is 4.77. The second-order valence-corrected chi connectivity index (χ2v) is 6.69. The zero-order chi connectivity index (χ0) is 18.7. The standard InChI is InChI=1S/C21H23FN2O2/c1-3-16-6-4-5-14(2)20(16)24-13-17(11-19(24)25)21(26)23-12-15-7-9-18(22)10-8-15/h4-10,17H,3,11-13H2,1-2H3,(H,23,26). The smallest absolute Gasteiger partial charge is 0.227 e. The van der Waals surface area contributed by atoms with E-state index in [4.69, 9.17) is 0 Å². The van der Waals surface area contributed by atoms with Gasteiger partial charge < -0.3 is 10.2 Å². The summed E-state index contributed by atoms with van der Waals surface area (Å²) in [6, 6.07) is 12.0. The van der Waals surface area contributed by atoms with Crippen molar-refractivity contribution < 1.29 is 14.0 Å². The molecule has 0 radical (unpaired) electrons. The maximum atomic E-state index is 12.9. The van der Waals surface area contributed by atoms with Gasteiger partial charge in [-0.15, -0.1) is 0 Å². The summed E-state index contributed by atoms with van der Waals surface area (Å²) in [4.78, 5) is 26.8. The van der Waals surface area contributed by atoms with Crippen LogP contribution in [-0.4, -0.2) is 18.4 Å². The molecule has 0 bridgehead atoms. The third-order valence-corrected chi connectivity index (χ3v) is 4.85. The number of rotatable bonds is 5. The molecule has 1 fully saturated rings. The normalized spacial score (nSPS) is 16.8. The van der Waals surface area contributed by atoms with Crippen LogP contribution in [0.4, 0.5) is 10.1 Å². The number of para-hydroxylation sites is 1. The zero-order valence-corrected chi connectivity index (χ0v) is 15.1. The van der Waals surface area contributed by atoms with Crippen LogP contribution in [0.5, 0.6) is 0 Å². The molecule has 0 spiro atoms. The maximum Gasteiger partial charge on any atom is 0.227 e. The molecule has 136 valence electrons. The van der Waals surface area contributed by atoms with Crippen molar-refractivity contribution in [1.82, 2.24) is 5.32 Å². The van der Waals surface area contributed by atoms with Gasteiger partial charge in [0.05, 0.1) is 5.92 Å². The summed E-state index contributed by atoms with van der Waals surface area (Å²) in [6.07, 6.45) is 1.05. The molecule has 3 rings (SSSR count). The topological polar surface area (TPSA) is 49.4 Å². The number of anilines is 1. The Morgan fingerprint density at radius 3 is 2.65 bits per heavy atom. The number of carbonyl (C=O) groups excluding carboxylic acids is 2. The lowest BCUT2D eigenvalue weighted by Gasteiger charge is -2.22. The molecule has 1 aliphatic heterocycles. The average molecular weight is 354 g/mol. The van der Waals surface area contributed by atoms with Crippen LogP contribution in [0.1, 0.15) is 30.0 Å². The van der Waals surface area contributed by atoms with Crippen molar-refractivity contribution >= 4 is 17.5 Å². The van der Waals surface area contributed by atoms with Gasteiger partial charge in [0.1, 0.15) is 5.82 Å². The Balaban J connectivity index is 1.67. The number of nitrogens with one attached hydrogen (secondary N) is 1. The molecule has 5 heteroatoms. The van der Waals surface area contributed by atoms with E-state index < -0.39 is 0 Å². The molecule has 1 unspecified atom stereocenters. The average Bonchev–Trinajstić information content (AvgIpc) is 3.02. The molecular weight excluding hydrogens is 331 g/mol. The van der Waals surface area contributed by atoms with Gasteiger partial charge in [-0.1, -0.05) is 37.3 Å². The zero-order valence-electron chi connectivity index (χ0n) is 15.1. The van der Waals surface area contributed by atoms with Gasteiger partial charge in [-0.2, -0.15) is 0 Å². The van der Waals surface area contributed by atoms with Crippen molar-refractivity contribution in [1.29, 1.82) is 0 Å². The lowest BCUT2D eigenvalue weighted by molar-refractivity contribution is -0.126. The van der Waals surface area contributed by atoms with Crippen LogP contribution in [0.2, 0.25) is 0 Å². The number of hydrogen-bond acceptors (Lipinski definition) is 2. The molecule has 1 aliphatic rings. The third-order valence-electron chi connectivity index (χ3n) is 4.85. The molecule has 2 amide bonds. The molecule has 2 aromatic rings. The lowest BCUT2D eigenvalue weighted by atomic mass is 10.0. The Bertz CT molecular complexity index is 817. The lowest BCUT2D eigenvalue weighted by Crippen LogP contribution is -2.33. The molecule has 4 nitrogen and oxygen atoms in total. The van der Waals surface area contributed by atoms with Crippen molar-refractivity contribution in [2.45, 2.75) is 33.2 Å². The van der Waals surface area contributed by atoms with Crippen LogP contribution in [0.25, 0.3) is 0 Å². The van der Waals surface area contributed by atoms with Crippen LogP contribution < -0.4 is 10.2 Å². The highest BCUT2D eigenvalue weighted by atomic mass is 19.1. The fraction of sp³-hybridized carbons (Fsp3) is 0.333. The number of hydrogen-bond donors (Lipinski definition) is 1. The summed E-state index contributed by atoms with van der Waals surface area (Å²) in [5.41, 5.74) is 3.93. The van der Waals surface area contributed by atoms with Gasteiger partial charge in [-0.3, -0.25) is 9.59 Å². The fourth-order valence-electron chi connectivity index (χ4n) is 3.43. The summed E-state index contributed by atoms with van der Waals surface area (Å²) in [5, 5.41) is 2.86. The summed E-state index contributed by atoms with van der Waals surface area (Å²) < 4.78 is 12.9. The first-order valence-corrected chi connectivity index (χ1v) is 8.90. The van der Waals surface area contributed by atoms with Gasteiger partial charge in [-0.05, 0) is 42.2 Å². The van der Waals surface area contributed by atoms with Crippen LogP contribution in [-0.2, 0) is 22.6 Å². The summed E-state index contributed by atoms with van der Waals surface area (Å²) in [5.74, 6) is -0.831. The number of nitrogens with zero attached hydrogens (tertiary/aromatic N) is 1. The second-order valence-electron chi connectivity index (χ2n) is 6.69. The van der Waals surface area contributed by atoms with E-state index in [0.717, 1.165) is 28.8 Å². The van der Waals surface area contributed by atoms with Crippen molar-refractivity contribution in [3.8, 4) is 0 Å². The first kappa shape index (κ1) is 18.1. The van der Waals surface area contributed by atoms with E-state index in [2.05, 4.69) is 12.2 Å². The quantitative estimate of drug-likeness (QED) is 0.895. The van der Waals surface area contributed by atoms with Crippen molar-refractivity contribution in [3.63, 3.8) is 0 Å². The highest BCUT2D eigenvalue weighted by molar-refractivity contribution is 6.01. The number of amides is 2. The third kappa shape index (κ3) is 3.77. The van der Waals surface area contributed by atoms with Crippen LogP contribution >= 0.6 is 0 Å². The van der Waals surface area contributed by atoms with Crippen molar-refractivity contribution in [2.75, 3.05) is 11.4 Å². The maximum absolute atomic E-state index is 12.9. The largest absolute Gasteiger partial charge is 0.352 e. The van der Waals surface area contributed by atoms with E-state index in [1.165, 1.54) is 12.1 Å². The van der Waals surface area contributed by atoms with Crippen molar-refractivity contribution in [2.24, 2.45) is 5.92 Å². The highest BCUT2D eigenvalue weighted by Crippen LogP contribution is 2.31. The molecule has 1 atom stereocenters. The van der Waals surface area contributed by atoms with Crippen LogP contribution in [0.3, 0.4) is 0 Å². The van der Waals surface area contributed by atoms with E-state index in [-0.39, 0.29) is 30.0 Å². The van der Waals surface area contributed by atoms with Gasteiger partial charge in [0.15, 0.2) is 0 Å². The summed E-state index contributed by atoms with van der Waals surface area (Å²) >= 11 is 0. The minimum atomic E-state index is -0.368. The minimum absolute atomic E-state index is 0.0177. The van der Waals surface area contributed by atoms with E-state index >= 15 is 0 Å². The Kier molecular flexibility index (Phi) is 5.35. The van der Waals surface area contributed by atoms with Gasteiger partial charge in [-0.25, -0.2) is 4.39 Å². The minimum Gasteiger partial charge on any atom is -0.352 e. The first-order chi connectivity index (χ1) is 12.5. The SMILES string of the molecule is CCc1cccc(C)c1N1CC(C(=O)NCc2ccc(F)cc2)CC1=O. The van der Waals surface area contributed by atoms with E-state index in [9.17, 15) is 14.0 Å². The molecule has 2 aromatic carbocycles. The first-order valence-electron chi connectivity index (χ1n) is 8.90. The Hall–Kier alpha value is -2.69.